The number of rotatable bonds is 7. The first-order valence-corrected chi connectivity index (χ1v) is 8.88. The molecular formula is C16H27BrIN5O. The molecule has 0 spiro atoms. The molecule has 0 radical (unpaired) electrons. The predicted octanol–water partition coefficient (Wildman–Crippen LogP) is 2.33. The van der Waals surface area contributed by atoms with E-state index < -0.39 is 0 Å². The number of carbonyl (C=O) groups excluding carboxylic acids is 1. The van der Waals surface area contributed by atoms with Gasteiger partial charge in [0, 0.05) is 49.5 Å². The predicted molar refractivity (Wildman–Crippen MR) is 112 cm³/mol. The first-order valence-electron chi connectivity index (χ1n) is 8.09. The van der Waals surface area contributed by atoms with Crippen LogP contribution in [-0.4, -0.2) is 48.0 Å². The highest BCUT2D eigenvalue weighted by Gasteiger charge is 2.28. The lowest BCUT2D eigenvalue weighted by Gasteiger charge is -2.22. The molecular weight excluding hydrogens is 485 g/mol. The van der Waals surface area contributed by atoms with Crippen molar-refractivity contribution in [3.63, 3.8) is 0 Å². The van der Waals surface area contributed by atoms with Crippen molar-refractivity contribution in [3.05, 3.63) is 22.4 Å². The van der Waals surface area contributed by atoms with Crippen LogP contribution in [0.3, 0.4) is 0 Å². The van der Waals surface area contributed by atoms with Crippen LogP contribution >= 0.6 is 39.9 Å². The van der Waals surface area contributed by atoms with Gasteiger partial charge in [-0.05, 0) is 41.8 Å². The van der Waals surface area contributed by atoms with Crippen LogP contribution in [0.1, 0.15) is 25.5 Å². The number of carbonyl (C=O) groups is 1. The standard InChI is InChI=1S/C16H26BrN5O.HI/c1-4-18-16(20-8-7-19-15(23)12-5-6-12)22(3)11-14-9-13(17)10-21(14)2;/h9-10,12H,4-8,11H2,1-3H3,(H,18,20)(H,19,23);1H. The fraction of sp³-hybridized carbons (Fsp3) is 0.625. The molecule has 8 heteroatoms. The van der Waals surface area contributed by atoms with Crippen molar-refractivity contribution in [3.8, 4) is 0 Å². The van der Waals surface area contributed by atoms with Crippen LogP contribution in [0.2, 0.25) is 0 Å². The Morgan fingerprint density at radius 1 is 1.46 bits per heavy atom. The van der Waals surface area contributed by atoms with E-state index in [4.69, 9.17) is 0 Å². The molecule has 1 heterocycles. The average molecular weight is 512 g/mol. The van der Waals surface area contributed by atoms with Crippen molar-refractivity contribution in [2.24, 2.45) is 18.0 Å². The summed E-state index contributed by atoms with van der Waals surface area (Å²) in [5.74, 6) is 1.28. The number of hydrogen-bond acceptors (Lipinski definition) is 2. The lowest BCUT2D eigenvalue weighted by molar-refractivity contribution is -0.122. The molecule has 1 amide bonds. The van der Waals surface area contributed by atoms with E-state index in [2.05, 4.69) is 54.0 Å². The molecule has 1 aromatic heterocycles. The Morgan fingerprint density at radius 2 is 2.17 bits per heavy atom. The zero-order chi connectivity index (χ0) is 16.8. The number of guanidine groups is 1. The van der Waals surface area contributed by atoms with Crippen LogP contribution < -0.4 is 10.6 Å². The van der Waals surface area contributed by atoms with Gasteiger partial charge in [-0.3, -0.25) is 9.79 Å². The SMILES string of the molecule is CCNC(=NCCNC(=O)C1CC1)N(C)Cc1cc(Br)cn1C.I. The Morgan fingerprint density at radius 3 is 2.71 bits per heavy atom. The van der Waals surface area contributed by atoms with Crippen molar-refractivity contribution in [2.45, 2.75) is 26.3 Å². The minimum atomic E-state index is 0. The van der Waals surface area contributed by atoms with Gasteiger partial charge in [-0.2, -0.15) is 0 Å². The summed E-state index contributed by atoms with van der Waals surface area (Å²) >= 11 is 3.50. The van der Waals surface area contributed by atoms with Crippen molar-refractivity contribution in [2.75, 3.05) is 26.7 Å². The molecule has 0 bridgehead atoms. The maximum absolute atomic E-state index is 11.6. The van der Waals surface area contributed by atoms with E-state index >= 15 is 0 Å². The molecule has 0 unspecified atom stereocenters. The summed E-state index contributed by atoms with van der Waals surface area (Å²) in [5, 5.41) is 6.23. The Kier molecular flexibility index (Phi) is 9.11. The first-order chi connectivity index (χ1) is 11.0. The number of nitrogens with zero attached hydrogens (tertiary/aromatic N) is 3. The van der Waals surface area contributed by atoms with E-state index in [-0.39, 0.29) is 35.8 Å². The molecule has 1 saturated carbocycles. The van der Waals surface area contributed by atoms with Crippen LogP contribution in [-0.2, 0) is 18.4 Å². The second-order valence-corrected chi connectivity index (χ2v) is 6.83. The molecule has 1 fully saturated rings. The molecule has 2 rings (SSSR count). The Balaban J connectivity index is 0.00000288. The quantitative estimate of drug-likeness (QED) is 0.255. The van der Waals surface area contributed by atoms with E-state index in [1.165, 1.54) is 5.69 Å². The van der Waals surface area contributed by atoms with Gasteiger partial charge >= 0.3 is 0 Å². The fourth-order valence-electron chi connectivity index (χ4n) is 2.34. The fourth-order valence-corrected chi connectivity index (χ4v) is 2.91. The normalized spacial score (nSPS) is 14.1. The third kappa shape index (κ3) is 6.62. The van der Waals surface area contributed by atoms with Crippen LogP contribution in [0.25, 0.3) is 0 Å². The van der Waals surface area contributed by atoms with Gasteiger partial charge in [0.25, 0.3) is 0 Å². The summed E-state index contributed by atoms with van der Waals surface area (Å²) in [7, 11) is 4.05. The maximum atomic E-state index is 11.6. The van der Waals surface area contributed by atoms with Crippen molar-refractivity contribution in [1.82, 2.24) is 20.1 Å². The van der Waals surface area contributed by atoms with Gasteiger partial charge in [-0.1, -0.05) is 0 Å². The summed E-state index contributed by atoms with van der Waals surface area (Å²) in [4.78, 5) is 18.3. The zero-order valence-electron chi connectivity index (χ0n) is 14.5. The van der Waals surface area contributed by atoms with E-state index in [9.17, 15) is 4.79 Å². The van der Waals surface area contributed by atoms with Crippen LogP contribution in [0, 0.1) is 5.92 Å². The molecule has 0 aliphatic heterocycles. The second kappa shape index (κ2) is 10.3. The van der Waals surface area contributed by atoms with Crippen LogP contribution in [0.4, 0.5) is 0 Å². The van der Waals surface area contributed by atoms with Gasteiger partial charge in [-0.15, -0.1) is 24.0 Å². The monoisotopic (exact) mass is 511 g/mol. The Labute approximate surface area is 169 Å². The van der Waals surface area contributed by atoms with Gasteiger partial charge in [0.05, 0.1) is 13.1 Å². The molecule has 2 N–H and O–H groups in total. The minimum Gasteiger partial charge on any atom is -0.357 e. The number of aryl methyl sites for hydroxylation is 1. The highest BCUT2D eigenvalue weighted by molar-refractivity contribution is 14.0. The molecule has 24 heavy (non-hydrogen) atoms. The topological polar surface area (TPSA) is 61.7 Å². The van der Waals surface area contributed by atoms with Crippen LogP contribution in [0.5, 0.6) is 0 Å². The Hall–Kier alpha value is -0.770. The number of aliphatic imine (C=N–C) groups is 1. The minimum absolute atomic E-state index is 0. The highest BCUT2D eigenvalue weighted by atomic mass is 127. The number of nitrogens with one attached hydrogen (secondary N) is 2. The third-order valence-corrected chi connectivity index (χ3v) is 4.22. The first kappa shape index (κ1) is 21.3. The molecule has 1 aliphatic carbocycles. The molecule has 0 atom stereocenters. The number of halogens is 2. The molecule has 0 saturated heterocycles. The summed E-state index contributed by atoms with van der Waals surface area (Å²) in [6.45, 7) is 4.81. The van der Waals surface area contributed by atoms with Gasteiger partial charge in [0.1, 0.15) is 0 Å². The van der Waals surface area contributed by atoms with E-state index in [1.54, 1.807) is 0 Å². The lowest BCUT2D eigenvalue weighted by Crippen LogP contribution is -2.39. The summed E-state index contributed by atoms with van der Waals surface area (Å²) < 4.78 is 3.17. The van der Waals surface area contributed by atoms with Crippen molar-refractivity contribution >= 4 is 51.8 Å². The van der Waals surface area contributed by atoms with Gasteiger partial charge in [-0.25, -0.2) is 0 Å². The van der Waals surface area contributed by atoms with Gasteiger partial charge in [0.15, 0.2) is 5.96 Å². The summed E-state index contributed by atoms with van der Waals surface area (Å²) in [6.07, 6.45) is 4.11. The van der Waals surface area contributed by atoms with Crippen molar-refractivity contribution in [1.29, 1.82) is 0 Å². The summed E-state index contributed by atoms with van der Waals surface area (Å²) in [5.41, 5.74) is 1.20. The zero-order valence-corrected chi connectivity index (χ0v) is 18.4. The molecule has 0 aromatic carbocycles. The number of amides is 1. The molecule has 1 aromatic rings. The molecule has 6 nitrogen and oxygen atoms in total. The smallest absolute Gasteiger partial charge is 0.223 e. The van der Waals surface area contributed by atoms with E-state index in [0.29, 0.717) is 13.1 Å². The maximum Gasteiger partial charge on any atom is 0.223 e. The second-order valence-electron chi connectivity index (χ2n) is 5.92. The van der Waals surface area contributed by atoms with Gasteiger partial charge < -0.3 is 20.1 Å². The van der Waals surface area contributed by atoms with E-state index in [0.717, 1.165) is 36.4 Å². The third-order valence-electron chi connectivity index (χ3n) is 3.79. The Bertz CT molecular complexity index is 571. The van der Waals surface area contributed by atoms with Gasteiger partial charge in [0.2, 0.25) is 5.91 Å². The molecule has 1 aliphatic rings. The number of aromatic nitrogens is 1. The lowest BCUT2D eigenvalue weighted by atomic mass is 10.4. The highest BCUT2D eigenvalue weighted by Crippen LogP contribution is 2.28. The number of hydrogen-bond donors (Lipinski definition) is 2. The average Bonchev–Trinajstić information content (AvgIpc) is 3.29. The largest absolute Gasteiger partial charge is 0.357 e. The summed E-state index contributed by atoms with van der Waals surface area (Å²) in [6, 6.07) is 2.11. The molecule has 136 valence electrons. The van der Waals surface area contributed by atoms with E-state index in [1.807, 2.05) is 20.3 Å². The van der Waals surface area contributed by atoms with Crippen molar-refractivity contribution < 1.29 is 4.79 Å². The van der Waals surface area contributed by atoms with Crippen LogP contribution in [0.15, 0.2) is 21.7 Å².